The van der Waals surface area contributed by atoms with Crippen LogP contribution in [0.2, 0.25) is 0 Å². The van der Waals surface area contributed by atoms with Crippen LogP contribution in [0.1, 0.15) is 44.1 Å². The van der Waals surface area contributed by atoms with E-state index in [-0.39, 0.29) is 17.0 Å². The van der Waals surface area contributed by atoms with E-state index in [2.05, 4.69) is 32.5 Å². The van der Waals surface area contributed by atoms with Crippen LogP contribution in [-0.4, -0.2) is 63.0 Å². The van der Waals surface area contributed by atoms with Crippen LogP contribution < -0.4 is 15.4 Å². The minimum absolute atomic E-state index is 0.0736. The molecule has 0 atom stereocenters. The van der Waals surface area contributed by atoms with Gasteiger partial charge in [0.2, 0.25) is 6.41 Å². The Hall–Kier alpha value is -3.87. The van der Waals surface area contributed by atoms with Crippen molar-refractivity contribution >= 4 is 17.9 Å². The normalized spacial score (nSPS) is 13.4. The minimum Gasteiger partial charge on any atom is -0.490 e. The summed E-state index contributed by atoms with van der Waals surface area (Å²) in [5, 5.41) is 9.14. The third-order valence-electron chi connectivity index (χ3n) is 5.89. The van der Waals surface area contributed by atoms with E-state index in [0.29, 0.717) is 18.8 Å². The molecule has 1 aromatic heterocycles. The quantitative estimate of drug-likeness (QED) is 0.240. The number of carbonyl (C=O) groups is 1. The number of anilines is 2. The summed E-state index contributed by atoms with van der Waals surface area (Å²) in [6.07, 6.45) is 1.43. The molecule has 0 aliphatic carbocycles. The highest BCUT2D eigenvalue weighted by molar-refractivity contribution is 5.68. The number of ether oxygens (including phenoxy) is 2. The fourth-order valence-corrected chi connectivity index (χ4v) is 3.61. The minimum atomic E-state index is -0.356. The summed E-state index contributed by atoms with van der Waals surface area (Å²) in [6.45, 7) is 10.9. The summed E-state index contributed by atoms with van der Waals surface area (Å²) in [4.78, 5) is 12.4. The second-order valence-electron chi connectivity index (χ2n) is 9.97. The Labute approximate surface area is 229 Å². The lowest BCUT2D eigenvalue weighted by atomic mass is 9.93. The van der Waals surface area contributed by atoms with Crippen molar-refractivity contribution < 1.29 is 23.2 Å². The maximum absolute atomic E-state index is 14.0. The van der Waals surface area contributed by atoms with Gasteiger partial charge in [-0.3, -0.25) is 9.69 Å². The van der Waals surface area contributed by atoms with Gasteiger partial charge >= 0.3 is 0 Å². The fraction of sp³-hybridized carbons (Fsp3) is 0.400. The largest absolute Gasteiger partial charge is 0.490 e. The molecule has 4 rings (SSSR count). The number of hydrogen-bond donors (Lipinski definition) is 2. The van der Waals surface area contributed by atoms with Gasteiger partial charge in [0.15, 0.2) is 17.4 Å². The number of nitrogens with one attached hydrogen (secondary N) is 2. The number of rotatable bonds is 8. The Morgan fingerprint density at radius 3 is 2.41 bits per heavy atom. The predicted octanol–water partition coefficient (Wildman–Crippen LogP) is 4.91. The van der Waals surface area contributed by atoms with E-state index in [4.69, 9.17) is 14.0 Å². The molecular formula is C30H37FN4O4. The van der Waals surface area contributed by atoms with E-state index in [1.807, 2.05) is 52.1 Å². The van der Waals surface area contributed by atoms with Gasteiger partial charge in [-0.05, 0) is 48.9 Å². The summed E-state index contributed by atoms with van der Waals surface area (Å²) < 4.78 is 30.0. The van der Waals surface area contributed by atoms with E-state index < -0.39 is 0 Å². The molecular weight excluding hydrogens is 499 g/mol. The highest BCUT2D eigenvalue weighted by atomic mass is 19.1. The number of amides is 1. The van der Waals surface area contributed by atoms with Gasteiger partial charge in [-0.2, -0.15) is 0 Å². The molecule has 0 spiro atoms. The van der Waals surface area contributed by atoms with Crippen molar-refractivity contribution in [2.75, 3.05) is 57.1 Å². The zero-order valence-electron chi connectivity index (χ0n) is 23.1. The molecule has 1 aliphatic rings. The number of hydrogen-bond acceptors (Lipinski definition) is 7. The highest BCUT2D eigenvalue weighted by Gasteiger charge is 2.19. The number of halogens is 1. The van der Waals surface area contributed by atoms with Crippen molar-refractivity contribution in [3.63, 3.8) is 0 Å². The van der Waals surface area contributed by atoms with Gasteiger partial charge in [0, 0.05) is 55.0 Å². The van der Waals surface area contributed by atoms with Crippen molar-refractivity contribution in [2.24, 2.45) is 0 Å². The summed E-state index contributed by atoms with van der Waals surface area (Å²) in [5.41, 5.74) is 2.61. The van der Waals surface area contributed by atoms with Gasteiger partial charge in [-0.25, -0.2) is 4.39 Å². The maximum atomic E-state index is 14.0. The Bertz CT molecular complexity index is 1240. The molecule has 8 nitrogen and oxygen atoms in total. The monoisotopic (exact) mass is 536 g/mol. The van der Waals surface area contributed by atoms with Crippen LogP contribution in [0, 0.1) is 17.7 Å². The number of morpholine rings is 1. The SMILES string of the molecule is CC(C)(C)c1cc(NC=O)no1.CNc1ccc(C#Cc2ccc(F)c(OCCCN3CCOCC3)c2)cc1. The molecule has 1 fully saturated rings. The molecule has 2 N–H and O–H groups in total. The van der Waals surface area contributed by atoms with Crippen molar-refractivity contribution in [3.8, 4) is 17.6 Å². The molecule has 2 aromatic carbocycles. The summed E-state index contributed by atoms with van der Waals surface area (Å²) in [7, 11) is 1.88. The van der Waals surface area contributed by atoms with Gasteiger partial charge in [-0.1, -0.05) is 37.8 Å². The zero-order valence-corrected chi connectivity index (χ0v) is 23.1. The van der Waals surface area contributed by atoms with Crippen LogP contribution in [0.5, 0.6) is 5.75 Å². The molecule has 0 bridgehead atoms. The topological polar surface area (TPSA) is 88.9 Å². The Kier molecular flexibility index (Phi) is 11.3. The summed E-state index contributed by atoms with van der Waals surface area (Å²) in [6, 6.07) is 14.3. The van der Waals surface area contributed by atoms with Gasteiger partial charge in [0.05, 0.1) is 19.8 Å². The van der Waals surface area contributed by atoms with Crippen LogP contribution in [0.4, 0.5) is 15.9 Å². The van der Waals surface area contributed by atoms with E-state index in [1.54, 1.807) is 18.2 Å². The molecule has 1 aliphatic heterocycles. The third kappa shape index (κ3) is 10.1. The van der Waals surface area contributed by atoms with E-state index in [1.165, 1.54) is 6.07 Å². The van der Waals surface area contributed by atoms with E-state index >= 15 is 0 Å². The second kappa shape index (κ2) is 14.9. The number of aromatic nitrogens is 1. The van der Waals surface area contributed by atoms with Crippen LogP contribution >= 0.6 is 0 Å². The lowest BCUT2D eigenvalue weighted by Crippen LogP contribution is -2.37. The molecule has 1 amide bonds. The molecule has 0 radical (unpaired) electrons. The van der Waals surface area contributed by atoms with Crippen molar-refractivity contribution in [1.29, 1.82) is 0 Å². The maximum Gasteiger partial charge on any atom is 0.212 e. The van der Waals surface area contributed by atoms with Crippen LogP contribution in [-0.2, 0) is 14.9 Å². The molecule has 9 heteroatoms. The lowest BCUT2D eigenvalue weighted by molar-refractivity contribution is -0.105. The Morgan fingerprint density at radius 2 is 1.77 bits per heavy atom. The first-order chi connectivity index (χ1) is 18.8. The first kappa shape index (κ1) is 29.7. The first-order valence-corrected chi connectivity index (χ1v) is 13.0. The molecule has 0 unspecified atom stereocenters. The lowest BCUT2D eigenvalue weighted by Gasteiger charge is -2.26. The van der Waals surface area contributed by atoms with E-state index in [9.17, 15) is 9.18 Å². The van der Waals surface area contributed by atoms with Gasteiger partial charge in [-0.15, -0.1) is 0 Å². The second-order valence-corrected chi connectivity index (χ2v) is 9.97. The number of benzene rings is 2. The van der Waals surface area contributed by atoms with Gasteiger partial charge in [0.1, 0.15) is 5.76 Å². The van der Waals surface area contributed by atoms with Crippen LogP contribution in [0.15, 0.2) is 53.1 Å². The zero-order chi connectivity index (χ0) is 28.1. The average Bonchev–Trinajstić information content (AvgIpc) is 3.42. The van der Waals surface area contributed by atoms with Gasteiger partial charge < -0.3 is 24.6 Å². The molecule has 0 saturated carbocycles. The van der Waals surface area contributed by atoms with Crippen LogP contribution in [0.25, 0.3) is 0 Å². The predicted molar refractivity (Wildman–Crippen MR) is 151 cm³/mol. The summed E-state index contributed by atoms with van der Waals surface area (Å²) >= 11 is 0. The number of nitrogens with zero attached hydrogens (tertiary/aromatic N) is 2. The van der Waals surface area contributed by atoms with Crippen molar-refractivity contribution in [1.82, 2.24) is 10.1 Å². The fourth-order valence-electron chi connectivity index (χ4n) is 3.61. The van der Waals surface area contributed by atoms with Crippen LogP contribution in [0.3, 0.4) is 0 Å². The molecule has 1 saturated heterocycles. The first-order valence-electron chi connectivity index (χ1n) is 13.0. The highest BCUT2D eigenvalue weighted by Crippen LogP contribution is 2.24. The summed E-state index contributed by atoms with van der Waals surface area (Å²) in [5.74, 6) is 7.28. The third-order valence-corrected chi connectivity index (χ3v) is 5.89. The van der Waals surface area contributed by atoms with Crippen molar-refractivity contribution in [3.05, 3.63) is 71.2 Å². The Balaban J connectivity index is 0.000000293. The smallest absolute Gasteiger partial charge is 0.212 e. The average molecular weight is 537 g/mol. The Morgan fingerprint density at radius 1 is 1.08 bits per heavy atom. The van der Waals surface area contributed by atoms with Crippen molar-refractivity contribution in [2.45, 2.75) is 32.6 Å². The van der Waals surface area contributed by atoms with Gasteiger partial charge in [0.25, 0.3) is 0 Å². The molecule has 3 aromatic rings. The number of carbonyl (C=O) groups excluding carboxylic acids is 1. The molecule has 39 heavy (non-hydrogen) atoms. The molecule has 2 heterocycles. The molecule has 208 valence electrons. The van der Waals surface area contributed by atoms with E-state index in [0.717, 1.165) is 61.8 Å². The standard InChI is InChI=1S/C22H25FN2O2.C8H12N2O2/c1-24-20-8-5-18(6-9-20)3-4-19-7-10-21(23)22(17-19)27-14-2-11-25-12-15-26-16-13-25;1-8(2,3)6-4-7(9-5-11)10-12-6/h5-10,17,24H,2,11-16H2,1H3;4-5H,1-3H3,(H,9,10,11).